The van der Waals surface area contributed by atoms with E-state index in [1.807, 2.05) is 42.2 Å². The van der Waals surface area contributed by atoms with Crippen LogP contribution in [0.1, 0.15) is 47.2 Å². The topological polar surface area (TPSA) is 85.4 Å². The molecular weight excluding hydrogens is 600 g/mol. The van der Waals surface area contributed by atoms with Crippen LogP contribution in [0.5, 0.6) is 5.75 Å². The highest BCUT2D eigenvalue weighted by molar-refractivity contribution is 7.91. The Hall–Kier alpha value is -2.95. The lowest BCUT2D eigenvalue weighted by atomic mass is 9.83. The summed E-state index contributed by atoms with van der Waals surface area (Å²) in [6.07, 6.45) is 3.70. The molecule has 0 N–H and O–H groups in total. The fourth-order valence-corrected chi connectivity index (χ4v) is 8.35. The van der Waals surface area contributed by atoms with Crippen LogP contribution in [-0.4, -0.2) is 76.7 Å². The molecule has 10 heteroatoms. The molecule has 0 bridgehead atoms. The summed E-state index contributed by atoms with van der Waals surface area (Å²) < 4.78 is 44.3. The molecule has 234 valence electrons. The third-order valence-electron chi connectivity index (χ3n) is 9.49. The Bertz CT molecular complexity index is 1570. The van der Waals surface area contributed by atoms with Crippen LogP contribution in [0.2, 0.25) is 5.02 Å². The molecule has 8 nitrogen and oxygen atoms in total. The average Bonchev–Trinajstić information content (AvgIpc) is 3.57. The molecule has 3 aromatic carbocycles. The molecule has 3 aliphatic rings. The number of carbonyl (C=O) groups excluding carboxylic acids is 1. The number of hydrogen-bond acceptors (Lipinski definition) is 7. The molecule has 1 amide bonds. The fourth-order valence-electron chi connectivity index (χ4n) is 6.91. The second-order valence-electron chi connectivity index (χ2n) is 11.8. The van der Waals surface area contributed by atoms with Crippen molar-refractivity contribution in [3.63, 3.8) is 0 Å². The number of methoxy groups -OCH3 is 1. The molecule has 0 aromatic heterocycles. The van der Waals surface area contributed by atoms with Gasteiger partial charge in [0.15, 0.2) is 5.79 Å². The number of likely N-dealkylation sites (tertiary alicyclic amines) is 2. The predicted molar refractivity (Wildman–Crippen MR) is 168 cm³/mol. The van der Waals surface area contributed by atoms with E-state index in [9.17, 15) is 13.2 Å². The van der Waals surface area contributed by atoms with Gasteiger partial charge in [0.2, 0.25) is 9.84 Å². The molecule has 0 radical (unpaired) electrons. The number of carbonyl (C=O) groups is 1. The highest BCUT2D eigenvalue weighted by atomic mass is 35.5. The molecule has 44 heavy (non-hydrogen) atoms. The summed E-state index contributed by atoms with van der Waals surface area (Å²) in [5.41, 5.74) is 2.37. The van der Waals surface area contributed by atoms with E-state index < -0.39 is 15.6 Å². The maximum Gasteiger partial charge on any atom is 0.254 e. The second kappa shape index (κ2) is 12.8. The molecule has 0 unspecified atom stereocenters. The first-order valence-corrected chi connectivity index (χ1v) is 17.1. The number of rotatable bonds is 7. The van der Waals surface area contributed by atoms with Gasteiger partial charge in [-0.3, -0.25) is 4.79 Å². The maximum atomic E-state index is 13.3. The van der Waals surface area contributed by atoms with Gasteiger partial charge in [-0.1, -0.05) is 29.8 Å². The summed E-state index contributed by atoms with van der Waals surface area (Å²) in [4.78, 5) is 18.1. The van der Waals surface area contributed by atoms with E-state index in [1.165, 1.54) is 0 Å². The zero-order valence-electron chi connectivity index (χ0n) is 25.2. The van der Waals surface area contributed by atoms with Crippen molar-refractivity contribution in [2.75, 3.05) is 46.5 Å². The van der Waals surface area contributed by atoms with Crippen molar-refractivity contribution in [2.24, 2.45) is 5.92 Å². The van der Waals surface area contributed by atoms with E-state index in [2.05, 4.69) is 4.90 Å². The van der Waals surface area contributed by atoms with Crippen molar-refractivity contribution in [1.29, 1.82) is 0 Å². The van der Waals surface area contributed by atoms with Gasteiger partial charge in [-0.2, -0.15) is 0 Å². The largest absolute Gasteiger partial charge is 0.497 e. The molecule has 3 saturated heterocycles. The molecule has 3 aromatic rings. The van der Waals surface area contributed by atoms with Crippen LogP contribution in [0.25, 0.3) is 0 Å². The van der Waals surface area contributed by atoms with Crippen molar-refractivity contribution in [3.05, 3.63) is 88.4 Å². The Balaban J connectivity index is 1.08. The minimum absolute atomic E-state index is 0.0578. The third-order valence-corrected chi connectivity index (χ3v) is 11.7. The van der Waals surface area contributed by atoms with Gasteiger partial charge in [-0.25, -0.2) is 8.42 Å². The summed E-state index contributed by atoms with van der Waals surface area (Å²) in [6, 6.07) is 19.3. The first-order chi connectivity index (χ1) is 21.2. The lowest BCUT2D eigenvalue weighted by molar-refractivity contribution is -0.215. The van der Waals surface area contributed by atoms with E-state index in [1.54, 1.807) is 43.5 Å². The maximum absolute atomic E-state index is 13.3. The summed E-state index contributed by atoms with van der Waals surface area (Å²) >= 11 is 6.26. The van der Waals surface area contributed by atoms with Gasteiger partial charge in [-0.05, 0) is 99.8 Å². The van der Waals surface area contributed by atoms with Crippen molar-refractivity contribution in [3.8, 4) is 5.75 Å². The minimum Gasteiger partial charge on any atom is -0.497 e. The molecule has 0 atom stereocenters. The predicted octanol–water partition coefficient (Wildman–Crippen LogP) is 5.71. The van der Waals surface area contributed by atoms with Crippen LogP contribution >= 0.6 is 11.6 Å². The Labute approximate surface area is 264 Å². The standard InChI is InChI=1S/C34H39ClN2O6S/c1-24-31(4-3-5-32(24)35)33(38)37-20-16-27(17-21-37)36-18-14-26(15-19-36)34(42-22-23-43-34)25-6-10-29(11-7-25)44(39,40)30-12-8-28(41-2)9-13-30/h3-13,26-27H,14-23H2,1-2H3. The molecule has 0 spiro atoms. The fraction of sp³-hybridized carbons (Fsp3) is 0.441. The van der Waals surface area contributed by atoms with E-state index in [0.29, 0.717) is 35.6 Å². The molecule has 0 aliphatic carbocycles. The monoisotopic (exact) mass is 638 g/mol. The Morgan fingerprint density at radius 1 is 0.864 bits per heavy atom. The average molecular weight is 639 g/mol. The molecular formula is C34H39ClN2O6S. The van der Waals surface area contributed by atoms with Crippen molar-refractivity contribution >= 4 is 27.3 Å². The minimum atomic E-state index is -3.67. The number of sulfone groups is 1. The van der Waals surface area contributed by atoms with Gasteiger partial charge in [-0.15, -0.1) is 0 Å². The van der Waals surface area contributed by atoms with Gasteiger partial charge < -0.3 is 24.0 Å². The number of amides is 1. The van der Waals surface area contributed by atoms with Crippen molar-refractivity contribution < 1.29 is 27.4 Å². The smallest absolute Gasteiger partial charge is 0.254 e. The highest BCUT2D eigenvalue weighted by Crippen LogP contribution is 2.44. The van der Waals surface area contributed by atoms with Gasteiger partial charge in [0.1, 0.15) is 5.75 Å². The van der Waals surface area contributed by atoms with Crippen LogP contribution in [0, 0.1) is 12.8 Å². The van der Waals surface area contributed by atoms with Gasteiger partial charge in [0.05, 0.1) is 30.1 Å². The van der Waals surface area contributed by atoms with Gasteiger partial charge in [0, 0.05) is 41.2 Å². The zero-order valence-corrected chi connectivity index (χ0v) is 26.8. The quantitative estimate of drug-likeness (QED) is 0.328. The Morgan fingerprint density at radius 2 is 1.45 bits per heavy atom. The summed E-state index contributed by atoms with van der Waals surface area (Å²) in [5, 5.41) is 0.621. The van der Waals surface area contributed by atoms with Crippen molar-refractivity contribution in [2.45, 2.75) is 54.2 Å². The molecule has 0 saturated carbocycles. The number of hydrogen-bond donors (Lipinski definition) is 0. The van der Waals surface area contributed by atoms with Crippen LogP contribution < -0.4 is 4.74 Å². The van der Waals surface area contributed by atoms with Crippen LogP contribution in [0.3, 0.4) is 0 Å². The van der Waals surface area contributed by atoms with Crippen LogP contribution in [-0.2, 0) is 25.1 Å². The number of ether oxygens (including phenoxy) is 3. The number of piperidine rings is 2. The Kier molecular flexibility index (Phi) is 9.04. The molecule has 3 aliphatic heterocycles. The van der Waals surface area contributed by atoms with Crippen LogP contribution in [0.15, 0.2) is 76.5 Å². The first-order valence-electron chi connectivity index (χ1n) is 15.3. The molecule has 6 rings (SSSR count). The van der Waals surface area contributed by atoms with E-state index in [-0.39, 0.29) is 21.6 Å². The summed E-state index contributed by atoms with van der Waals surface area (Å²) in [7, 11) is -2.12. The lowest BCUT2D eigenvalue weighted by Gasteiger charge is -2.45. The molecule has 3 heterocycles. The number of nitrogens with zero attached hydrogens (tertiary/aromatic N) is 2. The first kappa shape index (κ1) is 31.0. The van der Waals surface area contributed by atoms with Gasteiger partial charge in [0.25, 0.3) is 5.91 Å². The lowest BCUT2D eigenvalue weighted by Crippen LogP contribution is -2.51. The van der Waals surface area contributed by atoms with E-state index in [0.717, 1.165) is 63.0 Å². The normalized spacial score (nSPS) is 20.1. The summed E-state index contributed by atoms with van der Waals surface area (Å²) in [5.74, 6) is -0.0634. The van der Waals surface area contributed by atoms with E-state index in [4.69, 9.17) is 25.8 Å². The van der Waals surface area contributed by atoms with E-state index >= 15 is 0 Å². The second-order valence-corrected chi connectivity index (χ2v) is 14.2. The van der Waals surface area contributed by atoms with Gasteiger partial charge >= 0.3 is 0 Å². The van der Waals surface area contributed by atoms with Crippen molar-refractivity contribution in [1.82, 2.24) is 9.80 Å². The summed E-state index contributed by atoms with van der Waals surface area (Å²) in [6.45, 7) is 6.23. The third kappa shape index (κ3) is 5.88. The van der Waals surface area contributed by atoms with Crippen LogP contribution in [0.4, 0.5) is 0 Å². The Morgan fingerprint density at radius 3 is 2.05 bits per heavy atom. The number of benzene rings is 3. The molecule has 3 fully saturated rings. The SMILES string of the molecule is COc1ccc(S(=O)(=O)c2ccc(C3(C4CCN(C5CCN(C(=O)c6cccc(Cl)c6C)CC5)CC4)OCCO3)cc2)cc1. The zero-order chi connectivity index (χ0) is 30.9. The highest BCUT2D eigenvalue weighted by Gasteiger charge is 2.47. The number of halogens is 1.